The molecule has 0 N–H and O–H groups in total. The molecule has 0 aliphatic carbocycles. The Balaban J connectivity index is 1.65. The van der Waals surface area contributed by atoms with Crippen molar-refractivity contribution in [1.29, 1.82) is 0 Å². The predicted molar refractivity (Wildman–Crippen MR) is 121 cm³/mol. The van der Waals surface area contributed by atoms with Crippen molar-refractivity contribution in [2.24, 2.45) is 0 Å². The maximum Gasteiger partial charge on any atom is 0.219 e. The zero-order chi connectivity index (χ0) is 21.4. The standard InChI is InChI=1S/C25H24N4O2/c1-17(31)28-11-8-19(9-12-28)25-24-22(3-2-4-23(24)29(27-25)13-14-30)20-6-5-18-7-10-26-16-21(18)15-20/h2-7,10,14-16,19H,8-9,11-13H2,1H3. The van der Waals surface area contributed by atoms with Gasteiger partial charge in [-0.1, -0.05) is 24.3 Å². The highest BCUT2D eigenvalue weighted by Gasteiger charge is 2.27. The highest BCUT2D eigenvalue weighted by molar-refractivity contribution is 5.99. The van der Waals surface area contributed by atoms with Crippen molar-refractivity contribution in [3.05, 3.63) is 60.6 Å². The van der Waals surface area contributed by atoms with E-state index in [-0.39, 0.29) is 18.4 Å². The van der Waals surface area contributed by atoms with Crippen LogP contribution in [0.5, 0.6) is 0 Å². The van der Waals surface area contributed by atoms with Gasteiger partial charge in [0.2, 0.25) is 5.91 Å². The first-order valence-electron chi connectivity index (χ1n) is 10.7. The third-order valence-corrected chi connectivity index (χ3v) is 6.33. The fraction of sp³-hybridized carbons (Fsp3) is 0.280. The van der Waals surface area contributed by atoms with E-state index in [0.29, 0.717) is 0 Å². The van der Waals surface area contributed by atoms with E-state index in [0.717, 1.165) is 70.7 Å². The van der Waals surface area contributed by atoms with Gasteiger partial charge in [0.25, 0.3) is 0 Å². The molecule has 5 rings (SSSR count). The summed E-state index contributed by atoms with van der Waals surface area (Å²) in [4.78, 5) is 29.2. The number of nitrogens with zero attached hydrogens (tertiary/aromatic N) is 4. The van der Waals surface area contributed by atoms with Crippen LogP contribution in [0.1, 0.15) is 31.4 Å². The lowest BCUT2D eigenvalue weighted by molar-refractivity contribution is -0.129. The first kappa shape index (κ1) is 19.4. The number of rotatable bonds is 4. The Morgan fingerprint density at radius 3 is 2.74 bits per heavy atom. The Morgan fingerprint density at radius 2 is 1.97 bits per heavy atom. The summed E-state index contributed by atoms with van der Waals surface area (Å²) in [5.41, 5.74) is 4.23. The van der Waals surface area contributed by atoms with E-state index in [4.69, 9.17) is 5.10 Å². The van der Waals surface area contributed by atoms with Gasteiger partial charge < -0.3 is 9.69 Å². The summed E-state index contributed by atoms with van der Waals surface area (Å²) < 4.78 is 1.81. The molecule has 31 heavy (non-hydrogen) atoms. The number of hydrogen-bond acceptors (Lipinski definition) is 4. The van der Waals surface area contributed by atoms with Gasteiger partial charge >= 0.3 is 0 Å². The minimum absolute atomic E-state index is 0.125. The minimum Gasteiger partial charge on any atom is -0.343 e. The molecular formula is C25H24N4O2. The summed E-state index contributed by atoms with van der Waals surface area (Å²) in [5, 5.41) is 8.24. The van der Waals surface area contributed by atoms with Crippen LogP contribution in [0, 0.1) is 0 Å². The number of benzene rings is 2. The first-order chi connectivity index (χ1) is 15.2. The summed E-state index contributed by atoms with van der Waals surface area (Å²) in [6.07, 6.45) is 6.33. The SMILES string of the molecule is CC(=O)N1CCC(c2nn(CC=O)c3cccc(-c4ccc5ccncc5c4)c23)CC1. The van der Waals surface area contributed by atoms with E-state index < -0.39 is 0 Å². The zero-order valence-corrected chi connectivity index (χ0v) is 17.5. The average molecular weight is 412 g/mol. The van der Waals surface area contributed by atoms with Crippen LogP contribution in [-0.2, 0) is 16.1 Å². The summed E-state index contributed by atoms with van der Waals surface area (Å²) >= 11 is 0. The van der Waals surface area contributed by atoms with Gasteiger partial charge in [-0.3, -0.25) is 14.5 Å². The molecule has 2 aromatic heterocycles. The molecule has 3 heterocycles. The Bertz CT molecular complexity index is 1290. The molecule has 1 aliphatic heterocycles. The molecule has 4 aromatic rings. The zero-order valence-electron chi connectivity index (χ0n) is 17.5. The lowest BCUT2D eigenvalue weighted by Crippen LogP contribution is -2.36. The van der Waals surface area contributed by atoms with Gasteiger partial charge in [0.1, 0.15) is 6.29 Å². The molecule has 0 spiro atoms. The molecule has 0 bridgehead atoms. The Hall–Kier alpha value is -3.54. The molecule has 0 unspecified atom stereocenters. The quantitative estimate of drug-likeness (QED) is 0.472. The molecule has 2 aromatic carbocycles. The highest BCUT2D eigenvalue weighted by Crippen LogP contribution is 2.38. The largest absolute Gasteiger partial charge is 0.343 e. The minimum atomic E-state index is 0.125. The third kappa shape index (κ3) is 3.48. The number of fused-ring (bicyclic) bond motifs is 2. The number of likely N-dealkylation sites (tertiary alicyclic amines) is 1. The lowest BCUT2D eigenvalue weighted by Gasteiger charge is -2.30. The van der Waals surface area contributed by atoms with Crippen molar-refractivity contribution >= 4 is 33.9 Å². The number of aromatic nitrogens is 3. The number of carbonyl (C=O) groups is 2. The summed E-state index contributed by atoms with van der Waals surface area (Å²) in [6.45, 7) is 3.34. The smallest absolute Gasteiger partial charge is 0.219 e. The fourth-order valence-corrected chi connectivity index (χ4v) is 4.71. The highest BCUT2D eigenvalue weighted by atomic mass is 16.2. The maximum atomic E-state index is 11.8. The van der Waals surface area contributed by atoms with E-state index >= 15 is 0 Å². The van der Waals surface area contributed by atoms with E-state index in [2.05, 4.69) is 29.2 Å². The van der Waals surface area contributed by atoms with E-state index in [1.165, 1.54) is 0 Å². The molecule has 156 valence electrons. The van der Waals surface area contributed by atoms with Crippen LogP contribution < -0.4 is 0 Å². The monoisotopic (exact) mass is 412 g/mol. The van der Waals surface area contributed by atoms with Crippen molar-refractivity contribution in [1.82, 2.24) is 19.7 Å². The van der Waals surface area contributed by atoms with Gasteiger partial charge in [-0.15, -0.1) is 0 Å². The summed E-state index contributed by atoms with van der Waals surface area (Å²) in [7, 11) is 0. The molecule has 6 heteroatoms. The molecule has 1 aliphatic rings. The van der Waals surface area contributed by atoms with Crippen LogP contribution in [0.3, 0.4) is 0 Å². The second-order valence-electron chi connectivity index (χ2n) is 8.15. The number of aldehydes is 1. The lowest BCUT2D eigenvalue weighted by atomic mass is 9.89. The topological polar surface area (TPSA) is 68.1 Å². The Kier molecular flexibility index (Phi) is 4.98. The van der Waals surface area contributed by atoms with Gasteiger partial charge in [-0.25, -0.2) is 0 Å². The molecular weight excluding hydrogens is 388 g/mol. The van der Waals surface area contributed by atoms with Crippen LogP contribution >= 0.6 is 0 Å². The van der Waals surface area contributed by atoms with E-state index in [9.17, 15) is 9.59 Å². The number of hydrogen-bond donors (Lipinski definition) is 0. The van der Waals surface area contributed by atoms with Crippen molar-refractivity contribution in [3.63, 3.8) is 0 Å². The molecule has 0 atom stereocenters. The van der Waals surface area contributed by atoms with Crippen LogP contribution in [0.2, 0.25) is 0 Å². The number of piperidine rings is 1. The number of amides is 1. The molecule has 0 radical (unpaired) electrons. The van der Waals surface area contributed by atoms with Crippen molar-refractivity contribution in [3.8, 4) is 11.1 Å². The van der Waals surface area contributed by atoms with Crippen LogP contribution in [0.4, 0.5) is 0 Å². The maximum absolute atomic E-state index is 11.8. The van der Waals surface area contributed by atoms with Crippen molar-refractivity contribution in [2.45, 2.75) is 32.2 Å². The molecule has 6 nitrogen and oxygen atoms in total. The van der Waals surface area contributed by atoms with Gasteiger partial charge in [0.15, 0.2) is 0 Å². The number of carbonyl (C=O) groups excluding carboxylic acids is 2. The van der Waals surface area contributed by atoms with Crippen LogP contribution in [0.25, 0.3) is 32.8 Å². The normalized spacial score (nSPS) is 14.9. The number of pyridine rings is 1. The van der Waals surface area contributed by atoms with Gasteiger partial charge in [-0.2, -0.15) is 5.10 Å². The average Bonchev–Trinajstić information content (AvgIpc) is 3.18. The Morgan fingerprint density at radius 1 is 1.13 bits per heavy atom. The van der Waals surface area contributed by atoms with E-state index in [1.54, 1.807) is 17.8 Å². The van der Waals surface area contributed by atoms with Crippen LogP contribution in [-0.4, -0.2) is 44.9 Å². The Labute approximate surface area is 180 Å². The first-order valence-corrected chi connectivity index (χ1v) is 10.7. The fourth-order valence-electron chi connectivity index (χ4n) is 4.71. The van der Waals surface area contributed by atoms with Crippen LogP contribution in [0.15, 0.2) is 54.9 Å². The van der Waals surface area contributed by atoms with Crippen molar-refractivity contribution < 1.29 is 9.59 Å². The van der Waals surface area contributed by atoms with E-state index in [1.807, 2.05) is 29.3 Å². The summed E-state index contributed by atoms with van der Waals surface area (Å²) in [6, 6.07) is 14.6. The second kappa shape index (κ2) is 7.95. The predicted octanol–water partition coefficient (Wildman–Crippen LogP) is 4.18. The molecule has 1 saturated heterocycles. The summed E-state index contributed by atoms with van der Waals surface area (Å²) in [5.74, 6) is 0.384. The molecule has 1 amide bonds. The second-order valence-corrected chi connectivity index (χ2v) is 8.15. The molecule has 1 fully saturated rings. The van der Waals surface area contributed by atoms with Gasteiger partial charge in [0.05, 0.1) is 17.8 Å². The van der Waals surface area contributed by atoms with Gasteiger partial charge in [0, 0.05) is 49.1 Å². The third-order valence-electron chi connectivity index (χ3n) is 6.33. The molecule has 0 saturated carbocycles. The van der Waals surface area contributed by atoms with Gasteiger partial charge in [-0.05, 0) is 47.6 Å². The van der Waals surface area contributed by atoms with Crippen molar-refractivity contribution in [2.75, 3.05) is 13.1 Å².